The van der Waals surface area contributed by atoms with Crippen LogP contribution in [0.15, 0.2) is 24.4 Å². The zero-order chi connectivity index (χ0) is 14.5. The lowest BCUT2D eigenvalue weighted by Gasteiger charge is -2.32. The van der Waals surface area contributed by atoms with Gasteiger partial charge >= 0.3 is 0 Å². The highest BCUT2D eigenvalue weighted by Gasteiger charge is 2.26. The number of rotatable bonds is 3. The number of piperidine rings is 1. The largest absolute Gasteiger partial charge is 0.348 e. The maximum absolute atomic E-state index is 11.9. The van der Waals surface area contributed by atoms with E-state index in [9.17, 15) is 9.59 Å². The van der Waals surface area contributed by atoms with Crippen LogP contribution in [0.1, 0.15) is 23.3 Å². The number of halogens is 2. The van der Waals surface area contributed by atoms with Crippen molar-refractivity contribution in [3.63, 3.8) is 0 Å². The fraction of sp³-hybridized carbons (Fsp3) is 0.462. The van der Waals surface area contributed by atoms with Crippen LogP contribution in [0.25, 0.3) is 0 Å². The van der Waals surface area contributed by atoms with Gasteiger partial charge in [-0.15, -0.1) is 0 Å². The SMILES string of the molecule is O=C(NC1CCN(C(=O)C(Cl)Cl)CC1)c1ccccn1. The zero-order valence-corrected chi connectivity index (χ0v) is 12.3. The van der Waals surface area contributed by atoms with E-state index < -0.39 is 4.84 Å². The minimum atomic E-state index is -1.02. The fourth-order valence-corrected chi connectivity index (χ4v) is 2.41. The monoisotopic (exact) mass is 315 g/mol. The van der Waals surface area contributed by atoms with Gasteiger partial charge in [0, 0.05) is 25.3 Å². The molecule has 1 aliphatic rings. The second kappa shape index (κ2) is 6.90. The van der Waals surface area contributed by atoms with E-state index in [-0.39, 0.29) is 17.9 Å². The van der Waals surface area contributed by atoms with Crippen LogP contribution in [0, 0.1) is 0 Å². The molecule has 0 radical (unpaired) electrons. The van der Waals surface area contributed by atoms with E-state index in [1.165, 1.54) is 0 Å². The summed E-state index contributed by atoms with van der Waals surface area (Å²) in [6.45, 7) is 1.09. The van der Waals surface area contributed by atoms with Gasteiger partial charge in [0.1, 0.15) is 5.69 Å². The van der Waals surface area contributed by atoms with Crippen LogP contribution in [0.5, 0.6) is 0 Å². The van der Waals surface area contributed by atoms with Gasteiger partial charge in [0.2, 0.25) is 0 Å². The molecule has 0 unspecified atom stereocenters. The molecule has 1 aliphatic heterocycles. The molecular weight excluding hydrogens is 301 g/mol. The van der Waals surface area contributed by atoms with E-state index in [2.05, 4.69) is 10.3 Å². The molecule has 5 nitrogen and oxygen atoms in total. The molecule has 7 heteroatoms. The van der Waals surface area contributed by atoms with Gasteiger partial charge in [-0.2, -0.15) is 0 Å². The topological polar surface area (TPSA) is 62.3 Å². The first kappa shape index (κ1) is 15.1. The average Bonchev–Trinajstić information content (AvgIpc) is 2.48. The summed E-state index contributed by atoms with van der Waals surface area (Å²) >= 11 is 11.1. The first-order valence-electron chi connectivity index (χ1n) is 6.37. The van der Waals surface area contributed by atoms with Crippen molar-refractivity contribution in [1.29, 1.82) is 0 Å². The predicted molar refractivity (Wildman–Crippen MR) is 76.8 cm³/mol. The maximum Gasteiger partial charge on any atom is 0.270 e. The summed E-state index contributed by atoms with van der Waals surface area (Å²) in [5.74, 6) is -0.467. The first-order valence-corrected chi connectivity index (χ1v) is 7.24. The van der Waals surface area contributed by atoms with E-state index in [0.717, 1.165) is 0 Å². The van der Waals surface area contributed by atoms with Crippen LogP contribution in [0.3, 0.4) is 0 Å². The molecular formula is C13H15Cl2N3O2. The number of hydrogen-bond acceptors (Lipinski definition) is 3. The van der Waals surface area contributed by atoms with Crippen molar-refractivity contribution in [3.05, 3.63) is 30.1 Å². The molecule has 2 rings (SSSR count). The summed E-state index contributed by atoms with van der Waals surface area (Å²) in [5.41, 5.74) is 0.396. The number of carbonyl (C=O) groups is 2. The number of likely N-dealkylation sites (tertiary alicyclic amines) is 1. The van der Waals surface area contributed by atoms with Gasteiger partial charge in [0.05, 0.1) is 0 Å². The Morgan fingerprint density at radius 3 is 2.55 bits per heavy atom. The van der Waals surface area contributed by atoms with Gasteiger partial charge in [-0.05, 0) is 25.0 Å². The highest BCUT2D eigenvalue weighted by Crippen LogP contribution is 2.15. The van der Waals surface area contributed by atoms with Crippen LogP contribution in [0.2, 0.25) is 0 Å². The Morgan fingerprint density at radius 2 is 2.00 bits per heavy atom. The van der Waals surface area contributed by atoms with E-state index in [1.807, 2.05) is 0 Å². The highest BCUT2D eigenvalue weighted by atomic mass is 35.5. The number of amides is 2. The van der Waals surface area contributed by atoms with E-state index in [1.54, 1.807) is 29.3 Å². The molecule has 2 amide bonds. The Kier molecular flexibility index (Phi) is 5.20. The Morgan fingerprint density at radius 1 is 1.30 bits per heavy atom. The van der Waals surface area contributed by atoms with Crippen molar-refractivity contribution in [2.45, 2.75) is 23.7 Å². The third kappa shape index (κ3) is 3.84. The average molecular weight is 316 g/mol. The minimum Gasteiger partial charge on any atom is -0.348 e. The molecule has 0 atom stereocenters. The molecule has 1 aromatic rings. The standard InChI is InChI=1S/C13H15Cl2N3O2/c14-11(15)13(20)18-7-4-9(5-8-18)17-12(19)10-3-1-2-6-16-10/h1-3,6,9,11H,4-5,7-8H2,(H,17,19). The zero-order valence-electron chi connectivity index (χ0n) is 10.8. The Balaban J connectivity index is 1.83. The van der Waals surface area contributed by atoms with Crippen LogP contribution in [0.4, 0.5) is 0 Å². The third-order valence-electron chi connectivity index (χ3n) is 3.23. The van der Waals surface area contributed by atoms with Gasteiger partial charge in [-0.25, -0.2) is 0 Å². The normalized spacial score (nSPS) is 16.2. The Hall–Kier alpha value is -1.33. The number of hydrogen-bond donors (Lipinski definition) is 1. The molecule has 1 saturated heterocycles. The third-order valence-corrected chi connectivity index (χ3v) is 3.60. The van der Waals surface area contributed by atoms with Crippen molar-refractivity contribution in [2.24, 2.45) is 0 Å². The van der Waals surface area contributed by atoms with Gasteiger partial charge in [0.15, 0.2) is 4.84 Å². The van der Waals surface area contributed by atoms with Crippen molar-refractivity contribution in [2.75, 3.05) is 13.1 Å². The number of nitrogens with zero attached hydrogens (tertiary/aromatic N) is 2. The fourth-order valence-electron chi connectivity index (χ4n) is 2.14. The molecule has 1 N–H and O–H groups in total. The molecule has 1 aromatic heterocycles. The molecule has 0 aromatic carbocycles. The molecule has 20 heavy (non-hydrogen) atoms. The smallest absolute Gasteiger partial charge is 0.270 e. The first-order chi connectivity index (χ1) is 9.58. The Bertz CT molecular complexity index is 474. The maximum atomic E-state index is 11.9. The quantitative estimate of drug-likeness (QED) is 0.862. The number of pyridine rings is 1. The lowest BCUT2D eigenvalue weighted by atomic mass is 10.0. The summed E-state index contributed by atoms with van der Waals surface area (Å²) in [7, 11) is 0. The van der Waals surface area contributed by atoms with Crippen LogP contribution < -0.4 is 5.32 Å². The molecule has 2 heterocycles. The van der Waals surface area contributed by atoms with Gasteiger partial charge in [0.25, 0.3) is 11.8 Å². The number of carbonyl (C=O) groups excluding carboxylic acids is 2. The second-order valence-corrected chi connectivity index (χ2v) is 5.68. The van der Waals surface area contributed by atoms with E-state index >= 15 is 0 Å². The molecule has 108 valence electrons. The molecule has 0 bridgehead atoms. The lowest BCUT2D eigenvalue weighted by molar-refractivity contribution is -0.130. The number of alkyl halides is 2. The van der Waals surface area contributed by atoms with Gasteiger partial charge in [-0.3, -0.25) is 14.6 Å². The Labute approximate surface area is 127 Å². The number of aromatic nitrogens is 1. The van der Waals surface area contributed by atoms with Crippen molar-refractivity contribution < 1.29 is 9.59 Å². The summed E-state index contributed by atoms with van der Waals surface area (Å²) < 4.78 is 0. The summed E-state index contributed by atoms with van der Waals surface area (Å²) in [6, 6.07) is 5.23. The number of nitrogens with one attached hydrogen (secondary N) is 1. The van der Waals surface area contributed by atoms with Gasteiger partial charge < -0.3 is 10.2 Å². The molecule has 0 spiro atoms. The van der Waals surface area contributed by atoms with Gasteiger partial charge in [-0.1, -0.05) is 29.3 Å². The van der Waals surface area contributed by atoms with Crippen molar-refractivity contribution in [1.82, 2.24) is 15.2 Å². The molecule has 0 aliphatic carbocycles. The second-order valence-electron chi connectivity index (χ2n) is 4.59. The van der Waals surface area contributed by atoms with E-state index in [0.29, 0.717) is 31.6 Å². The highest BCUT2D eigenvalue weighted by molar-refractivity contribution is 6.53. The van der Waals surface area contributed by atoms with Crippen LogP contribution >= 0.6 is 23.2 Å². The minimum absolute atomic E-state index is 0.0395. The summed E-state index contributed by atoms with van der Waals surface area (Å²) in [6.07, 6.45) is 2.95. The van der Waals surface area contributed by atoms with Crippen molar-refractivity contribution >= 4 is 35.0 Å². The van der Waals surface area contributed by atoms with E-state index in [4.69, 9.17) is 23.2 Å². The molecule has 0 saturated carbocycles. The predicted octanol–water partition coefficient (Wildman–Crippen LogP) is 1.61. The lowest BCUT2D eigenvalue weighted by Crippen LogP contribution is -2.47. The molecule has 1 fully saturated rings. The van der Waals surface area contributed by atoms with Crippen LogP contribution in [-0.4, -0.2) is 45.7 Å². The summed E-state index contributed by atoms with van der Waals surface area (Å²) in [5, 5.41) is 2.92. The van der Waals surface area contributed by atoms with Crippen LogP contribution in [-0.2, 0) is 4.79 Å². The summed E-state index contributed by atoms with van der Waals surface area (Å²) in [4.78, 5) is 28.2. The van der Waals surface area contributed by atoms with Crippen molar-refractivity contribution in [3.8, 4) is 0 Å².